The van der Waals surface area contributed by atoms with Crippen molar-refractivity contribution in [3.63, 3.8) is 0 Å². The second-order valence-corrected chi connectivity index (χ2v) is 6.18. The van der Waals surface area contributed by atoms with Gasteiger partial charge in [0.15, 0.2) is 11.5 Å². The molecule has 0 radical (unpaired) electrons. The number of benzene rings is 1. The van der Waals surface area contributed by atoms with Gasteiger partial charge in [0.05, 0.1) is 0 Å². The Morgan fingerprint density at radius 3 is 2.95 bits per heavy atom. The van der Waals surface area contributed by atoms with Crippen LogP contribution in [0.25, 0.3) is 0 Å². The highest BCUT2D eigenvalue weighted by atomic mass is 16.7. The van der Waals surface area contributed by atoms with E-state index in [0.717, 1.165) is 37.4 Å². The summed E-state index contributed by atoms with van der Waals surface area (Å²) in [5.41, 5.74) is 7.57. The van der Waals surface area contributed by atoms with Gasteiger partial charge in [-0.2, -0.15) is 0 Å². The van der Waals surface area contributed by atoms with Crippen molar-refractivity contribution < 1.29 is 9.47 Å². The summed E-state index contributed by atoms with van der Waals surface area (Å²) < 4.78 is 10.8. The minimum Gasteiger partial charge on any atom is -0.454 e. The Balaban J connectivity index is 1.76. The van der Waals surface area contributed by atoms with Crippen LogP contribution in [0.3, 0.4) is 0 Å². The topological polar surface area (TPSA) is 47.7 Å². The Hall–Kier alpha value is -1.26. The summed E-state index contributed by atoms with van der Waals surface area (Å²) in [6.07, 6.45) is 2.27. The van der Waals surface area contributed by atoms with Crippen molar-refractivity contribution in [2.45, 2.75) is 44.8 Å². The lowest BCUT2D eigenvalue weighted by atomic mass is 9.88. The van der Waals surface area contributed by atoms with E-state index in [9.17, 15) is 0 Å². The maximum Gasteiger partial charge on any atom is 0.231 e. The van der Waals surface area contributed by atoms with Gasteiger partial charge in [-0.25, -0.2) is 0 Å². The maximum absolute atomic E-state index is 6.10. The van der Waals surface area contributed by atoms with E-state index >= 15 is 0 Å². The van der Waals surface area contributed by atoms with Gasteiger partial charge in [0.1, 0.15) is 0 Å². The number of rotatable bonds is 2. The minimum atomic E-state index is 0.215. The molecule has 2 N–H and O–H groups in total. The number of nitrogens with zero attached hydrogens (tertiary/aromatic N) is 1. The molecule has 2 aliphatic rings. The van der Waals surface area contributed by atoms with E-state index in [0.29, 0.717) is 12.8 Å². The molecular formula is C15H22N2O2. The van der Waals surface area contributed by atoms with Crippen molar-refractivity contribution in [2.75, 3.05) is 13.3 Å². The normalized spacial score (nSPS) is 25.5. The van der Waals surface area contributed by atoms with Gasteiger partial charge in [0, 0.05) is 24.7 Å². The third kappa shape index (κ3) is 2.55. The molecule has 0 saturated carbocycles. The third-order valence-corrected chi connectivity index (χ3v) is 4.25. The first-order valence-electron chi connectivity index (χ1n) is 6.94. The number of fused-ring (bicyclic) bond motifs is 1. The minimum absolute atomic E-state index is 0.215. The highest BCUT2D eigenvalue weighted by Gasteiger charge is 2.32. The zero-order valence-electron chi connectivity index (χ0n) is 11.7. The number of hydrogen-bond acceptors (Lipinski definition) is 4. The molecule has 1 atom stereocenters. The van der Waals surface area contributed by atoms with Crippen LogP contribution in [0.5, 0.6) is 11.5 Å². The highest BCUT2D eigenvalue weighted by molar-refractivity contribution is 5.44. The molecule has 1 saturated heterocycles. The summed E-state index contributed by atoms with van der Waals surface area (Å²) >= 11 is 0. The van der Waals surface area contributed by atoms with E-state index < -0.39 is 0 Å². The molecule has 4 nitrogen and oxygen atoms in total. The van der Waals surface area contributed by atoms with E-state index in [4.69, 9.17) is 15.2 Å². The molecule has 0 aromatic heterocycles. The summed E-state index contributed by atoms with van der Waals surface area (Å²) in [5, 5.41) is 0. The van der Waals surface area contributed by atoms with Crippen LogP contribution in [0.15, 0.2) is 18.2 Å². The fourth-order valence-electron chi connectivity index (χ4n) is 2.86. The second-order valence-electron chi connectivity index (χ2n) is 6.18. The van der Waals surface area contributed by atoms with Crippen LogP contribution in [-0.4, -0.2) is 29.8 Å². The summed E-state index contributed by atoms with van der Waals surface area (Å²) in [5.74, 6) is 1.70. The summed E-state index contributed by atoms with van der Waals surface area (Å²) in [4.78, 5) is 2.47. The molecule has 1 fully saturated rings. The molecule has 0 aliphatic carbocycles. The molecule has 104 valence electrons. The van der Waals surface area contributed by atoms with Crippen LogP contribution < -0.4 is 15.2 Å². The van der Waals surface area contributed by atoms with Gasteiger partial charge >= 0.3 is 0 Å². The zero-order valence-corrected chi connectivity index (χ0v) is 11.7. The molecule has 0 spiro atoms. The quantitative estimate of drug-likeness (QED) is 0.887. The fraction of sp³-hybridized carbons (Fsp3) is 0.600. The lowest BCUT2D eigenvalue weighted by molar-refractivity contribution is 0.0585. The van der Waals surface area contributed by atoms with E-state index in [1.807, 2.05) is 6.07 Å². The predicted octanol–water partition coefficient (Wildman–Crippen LogP) is 2.12. The van der Waals surface area contributed by atoms with Gasteiger partial charge in [-0.15, -0.1) is 0 Å². The first-order chi connectivity index (χ1) is 9.04. The Kier molecular flexibility index (Phi) is 3.15. The van der Waals surface area contributed by atoms with Crippen molar-refractivity contribution in [1.82, 2.24) is 4.90 Å². The van der Waals surface area contributed by atoms with Gasteiger partial charge < -0.3 is 15.2 Å². The number of hydrogen-bond donors (Lipinski definition) is 1. The van der Waals surface area contributed by atoms with Gasteiger partial charge in [0.25, 0.3) is 0 Å². The Morgan fingerprint density at radius 2 is 2.11 bits per heavy atom. The first kappa shape index (κ1) is 12.8. The van der Waals surface area contributed by atoms with Crippen molar-refractivity contribution in [3.05, 3.63) is 23.8 Å². The highest BCUT2D eigenvalue weighted by Crippen LogP contribution is 2.34. The summed E-state index contributed by atoms with van der Waals surface area (Å²) in [6, 6.07) is 6.48. The molecule has 0 amide bonds. The molecule has 4 heteroatoms. The lowest BCUT2D eigenvalue weighted by Gasteiger charge is -2.44. The van der Waals surface area contributed by atoms with Gasteiger partial charge in [-0.3, -0.25) is 4.90 Å². The maximum atomic E-state index is 6.10. The molecule has 3 rings (SSSR count). The van der Waals surface area contributed by atoms with Crippen LogP contribution in [-0.2, 0) is 6.54 Å². The van der Waals surface area contributed by atoms with Crippen LogP contribution in [0, 0.1) is 0 Å². The van der Waals surface area contributed by atoms with Crippen molar-refractivity contribution in [2.24, 2.45) is 5.73 Å². The molecule has 2 heterocycles. The lowest BCUT2D eigenvalue weighted by Crippen LogP contribution is -2.53. The predicted molar refractivity (Wildman–Crippen MR) is 74.3 cm³/mol. The monoisotopic (exact) mass is 262 g/mol. The largest absolute Gasteiger partial charge is 0.454 e. The molecule has 1 unspecified atom stereocenters. The van der Waals surface area contributed by atoms with Crippen molar-refractivity contribution >= 4 is 0 Å². The number of likely N-dealkylation sites (tertiary alicyclic amines) is 1. The molecular weight excluding hydrogens is 240 g/mol. The summed E-state index contributed by atoms with van der Waals surface area (Å²) in [6.45, 7) is 6.80. The Bertz CT molecular complexity index is 473. The Labute approximate surface area is 114 Å². The molecule has 1 aromatic rings. The third-order valence-electron chi connectivity index (χ3n) is 4.25. The molecule has 1 aromatic carbocycles. The Morgan fingerprint density at radius 1 is 1.32 bits per heavy atom. The first-order valence-corrected chi connectivity index (χ1v) is 6.94. The average molecular weight is 262 g/mol. The SMILES string of the molecule is CC1(C)CCC(N)CN1Cc1ccc2c(c1)OCO2. The average Bonchev–Trinajstić information content (AvgIpc) is 2.82. The standard InChI is InChI=1S/C15H22N2O2/c1-15(2)6-5-12(16)9-17(15)8-11-3-4-13-14(7-11)19-10-18-13/h3-4,7,12H,5-6,8-10,16H2,1-2H3. The van der Waals surface area contributed by atoms with E-state index in [1.165, 1.54) is 5.56 Å². The number of piperidine rings is 1. The summed E-state index contributed by atoms with van der Waals surface area (Å²) in [7, 11) is 0. The molecule has 2 aliphatic heterocycles. The van der Waals surface area contributed by atoms with Crippen molar-refractivity contribution in [3.8, 4) is 11.5 Å². The van der Waals surface area contributed by atoms with Crippen molar-refractivity contribution in [1.29, 1.82) is 0 Å². The molecule has 19 heavy (non-hydrogen) atoms. The van der Waals surface area contributed by atoms with Gasteiger partial charge in [0.2, 0.25) is 6.79 Å². The van der Waals surface area contributed by atoms with Crippen LogP contribution in [0.1, 0.15) is 32.3 Å². The second kappa shape index (κ2) is 4.69. The van der Waals surface area contributed by atoms with Crippen LogP contribution in [0.4, 0.5) is 0 Å². The van der Waals surface area contributed by atoms with Gasteiger partial charge in [-0.1, -0.05) is 6.07 Å². The smallest absolute Gasteiger partial charge is 0.231 e. The van der Waals surface area contributed by atoms with E-state index in [-0.39, 0.29) is 5.54 Å². The fourth-order valence-corrected chi connectivity index (χ4v) is 2.86. The number of ether oxygens (including phenoxy) is 2. The van der Waals surface area contributed by atoms with Crippen LogP contribution in [0.2, 0.25) is 0 Å². The molecule has 0 bridgehead atoms. The zero-order chi connectivity index (χ0) is 13.5. The van der Waals surface area contributed by atoms with E-state index in [2.05, 4.69) is 30.9 Å². The van der Waals surface area contributed by atoms with E-state index in [1.54, 1.807) is 0 Å². The number of nitrogens with two attached hydrogens (primary N) is 1. The van der Waals surface area contributed by atoms with Gasteiger partial charge in [-0.05, 0) is 44.4 Å². The van der Waals surface area contributed by atoms with Crippen LogP contribution >= 0.6 is 0 Å².